The number of sulfonamides is 1. The van der Waals surface area contributed by atoms with Gasteiger partial charge in [-0.05, 0) is 24.3 Å². The van der Waals surface area contributed by atoms with Crippen molar-refractivity contribution >= 4 is 35.8 Å². The molecule has 0 radical (unpaired) electrons. The summed E-state index contributed by atoms with van der Waals surface area (Å²) in [6.45, 7) is 4.23. The van der Waals surface area contributed by atoms with Crippen LogP contribution in [0.5, 0.6) is 0 Å². The standard InChI is InChI=1S/C21H21NO3S2Si/c1-28(2,17-9-15-26-18-10-4-3-5-11-18)16-8-14-22-21(23)19-12-6-7-13-20(19)27(22,24)25/h3-8,10-13,16H,14-15H2,1-2H3/b16-8+. The van der Waals surface area contributed by atoms with Crippen LogP contribution < -0.4 is 0 Å². The Hall–Kier alpha value is -2.27. The fourth-order valence-electron chi connectivity index (χ4n) is 2.80. The maximum Gasteiger partial charge on any atom is 0.269 e. The van der Waals surface area contributed by atoms with Crippen LogP contribution >= 0.6 is 11.8 Å². The molecule has 0 fully saturated rings. The van der Waals surface area contributed by atoms with Gasteiger partial charge in [0.2, 0.25) is 0 Å². The van der Waals surface area contributed by atoms with Crippen molar-refractivity contribution in [2.75, 3.05) is 12.3 Å². The summed E-state index contributed by atoms with van der Waals surface area (Å²) >= 11 is 1.69. The first kappa shape index (κ1) is 20.5. The molecule has 28 heavy (non-hydrogen) atoms. The van der Waals surface area contributed by atoms with Gasteiger partial charge >= 0.3 is 0 Å². The summed E-state index contributed by atoms with van der Waals surface area (Å²) in [5.41, 5.74) is 5.56. The molecule has 0 atom stereocenters. The quantitative estimate of drug-likeness (QED) is 0.412. The third-order valence-electron chi connectivity index (χ3n) is 4.18. The molecule has 144 valence electrons. The lowest BCUT2D eigenvalue weighted by Gasteiger charge is -2.14. The molecule has 0 aromatic heterocycles. The summed E-state index contributed by atoms with van der Waals surface area (Å²) in [6.07, 6.45) is 1.76. The van der Waals surface area contributed by atoms with Crippen LogP contribution in [0.1, 0.15) is 10.4 Å². The average Bonchev–Trinajstić information content (AvgIpc) is 2.87. The molecule has 0 spiro atoms. The minimum atomic E-state index is -3.76. The van der Waals surface area contributed by atoms with Crippen molar-refractivity contribution in [2.45, 2.75) is 22.9 Å². The van der Waals surface area contributed by atoms with Crippen molar-refractivity contribution in [1.29, 1.82) is 0 Å². The molecule has 0 unspecified atom stereocenters. The monoisotopic (exact) mass is 427 g/mol. The van der Waals surface area contributed by atoms with E-state index >= 15 is 0 Å². The maximum absolute atomic E-state index is 12.5. The number of fused-ring (bicyclic) bond motifs is 1. The predicted octanol–water partition coefficient (Wildman–Crippen LogP) is 3.97. The Morgan fingerprint density at radius 3 is 2.46 bits per heavy atom. The van der Waals surface area contributed by atoms with Crippen LogP contribution in [0, 0.1) is 11.5 Å². The highest BCUT2D eigenvalue weighted by molar-refractivity contribution is 7.99. The molecule has 4 nitrogen and oxygen atoms in total. The van der Waals surface area contributed by atoms with Gasteiger partial charge in [0, 0.05) is 4.90 Å². The summed E-state index contributed by atoms with van der Waals surface area (Å²) in [7, 11) is -5.71. The Balaban J connectivity index is 1.61. The zero-order chi connectivity index (χ0) is 20.2. The van der Waals surface area contributed by atoms with Gasteiger partial charge in [-0.1, -0.05) is 61.1 Å². The minimum absolute atomic E-state index is 0.0344. The molecule has 0 bridgehead atoms. The fourth-order valence-corrected chi connectivity index (χ4v) is 6.43. The molecular weight excluding hydrogens is 406 g/mol. The van der Waals surface area contributed by atoms with Crippen molar-refractivity contribution < 1.29 is 13.2 Å². The lowest BCUT2D eigenvalue weighted by atomic mass is 10.2. The van der Waals surface area contributed by atoms with Crippen molar-refractivity contribution in [1.82, 2.24) is 4.31 Å². The molecule has 1 aliphatic rings. The highest BCUT2D eigenvalue weighted by Gasteiger charge is 2.40. The number of rotatable bonds is 5. The summed E-state index contributed by atoms with van der Waals surface area (Å²) in [4.78, 5) is 13.7. The van der Waals surface area contributed by atoms with E-state index in [0.717, 1.165) is 4.31 Å². The molecule has 2 aromatic carbocycles. The van der Waals surface area contributed by atoms with E-state index < -0.39 is 24.0 Å². The molecule has 1 amide bonds. The first-order valence-electron chi connectivity index (χ1n) is 8.83. The average molecular weight is 428 g/mol. The van der Waals surface area contributed by atoms with E-state index in [0.29, 0.717) is 5.75 Å². The van der Waals surface area contributed by atoms with E-state index in [4.69, 9.17) is 0 Å². The van der Waals surface area contributed by atoms with Crippen LogP contribution in [-0.2, 0) is 10.0 Å². The predicted molar refractivity (Wildman–Crippen MR) is 116 cm³/mol. The maximum atomic E-state index is 12.5. The number of amides is 1. The smallest absolute Gasteiger partial charge is 0.268 e. The van der Waals surface area contributed by atoms with Crippen molar-refractivity contribution in [3.05, 3.63) is 71.9 Å². The van der Waals surface area contributed by atoms with Crippen LogP contribution in [0.25, 0.3) is 0 Å². The second-order valence-electron chi connectivity index (χ2n) is 6.87. The van der Waals surface area contributed by atoms with E-state index in [1.165, 1.54) is 11.0 Å². The third kappa shape index (κ3) is 4.58. The number of benzene rings is 2. The number of thioether (sulfide) groups is 1. The Labute approximate surface area is 171 Å². The largest absolute Gasteiger partial charge is 0.269 e. The van der Waals surface area contributed by atoms with E-state index in [2.05, 4.69) is 36.7 Å². The summed E-state index contributed by atoms with van der Waals surface area (Å²) in [6, 6.07) is 16.4. The van der Waals surface area contributed by atoms with Gasteiger partial charge in [0.25, 0.3) is 15.9 Å². The molecule has 0 N–H and O–H groups in total. The van der Waals surface area contributed by atoms with E-state index in [1.807, 2.05) is 23.9 Å². The van der Waals surface area contributed by atoms with E-state index in [-0.39, 0.29) is 17.0 Å². The van der Waals surface area contributed by atoms with Gasteiger partial charge < -0.3 is 0 Å². The van der Waals surface area contributed by atoms with Crippen LogP contribution in [0.4, 0.5) is 0 Å². The molecule has 0 aliphatic carbocycles. The van der Waals surface area contributed by atoms with Gasteiger partial charge in [0.05, 0.1) is 17.9 Å². The van der Waals surface area contributed by atoms with E-state index in [1.54, 1.807) is 36.0 Å². The van der Waals surface area contributed by atoms with Crippen LogP contribution in [0.3, 0.4) is 0 Å². The minimum Gasteiger partial charge on any atom is -0.268 e. The lowest BCUT2D eigenvalue weighted by Crippen LogP contribution is -2.30. The molecule has 3 rings (SSSR count). The molecular formula is C21H21NO3S2Si. The lowest BCUT2D eigenvalue weighted by molar-refractivity contribution is 0.0880. The topological polar surface area (TPSA) is 54.5 Å². The highest BCUT2D eigenvalue weighted by atomic mass is 32.2. The SMILES string of the molecule is C[Si](C)(C#CCSc1ccccc1)/C=C/CN1C(=O)c2ccccc2S1(=O)=O. The Morgan fingerprint density at radius 2 is 1.75 bits per heavy atom. The van der Waals surface area contributed by atoms with Crippen LogP contribution in [0.2, 0.25) is 13.1 Å². The first-order valence-corrected chi connectivity index (χ1v) is 14.3. The van der Waals surface area contributed by atoms with Gasteiger partial charge in [-0.2, -0.15) is 0 Å². The second-order valence-corrected chi connectivity index (χ2v) is 13.8. The molecule has 0 saturated carbocycles. The fraction of sp³-hybridized carbons (Fsp3) is 0.190. The first-order chi connectivity index (χ1) is 13.3. The van der Waals surface area contributed by atoms with Gasteiger partial charge in [-0.15, -0.1) is 17.3 Å². The van der Waals surface area contributed by atoms with Crippen LogP contribution in [0.15, 0.2) is 76.2 Å². The molecule has 1 aliphatic heterocycles. The number of carbonyl (C=O) groups excluding carboxylic acids is 1. The Morgan fingerprint density at radius 1 is 1.07 bits per heavy atom. The Kier molecular flexibility index (Phi) is 6.13. The normalized spacial score (nSPS) is 15.4. The second kappa shape index (κ2) is 8.39. The van der Waals surface area contributed by atoms with Gasteiger partial charge in [0.15, 0.2) is 8.07 Å². The van der Waals surface area contributed by atoms with Gasteiger partial charge in [-0.25, -0.2) is 12.7 Å². The number of hydrogen-bond acceptors (Lipinski definition) is 4. The summed E-state index contributed by atoms with van der Waals surface area (Å²) in [5.74, 6) is 3.46. The zero-order valence-electron chi connectivity index (χ0n) is 15.8. The number of nitrogens with zero attached hydrogens (tertiary/aromatic N) is 1. The zero-order valence-corrected chi connectivity index (χ0v) is 18.4. The highest BCUT2D eigenvalue weighted by Crippen LogP contribution is 2.29. The number of hydrogen-bond donors (Lipinski definition) is 0. The molecule has 0 saturated heterocycles. The molecule has 1 heterocycles. The van der Waals surface area contributed by atoms with Crippen molar-refractivity contribution in [2.24, 2.45) is 0 Å². The van der Waals surface area contributed by atoms with Crippen LogP contribution in [-0.4, -0.2) is 39.0 Å². The van der Waals surface area contributed by atoms with Crippen molar-refractivity contribution in [3.63, 3.8) is 0 Å². The summed E-state index contributed by atoms with van der Waals surface area (Å²) < 4.78 is 26.0. The van der Waals surface area contributed by atoms with E-state index in [9.17, 15) is 13.2 Å². The third-order valence-corrected chi connectivity index (χ3v) is 8.77. The van der Waals surface area contributed by atoms with Gasteiger partial charge in [0.1, 0.15) is 4.90 Å². The van der Waals surface area contributed by atoms with Gasteiger partial charge in [-0.3, -0.25) is 4.79 Å². The number of carbonyl (C=O) groups is 1. The Bertz CT molecular complexity index is 1070. The molecule has 7 heteroatoms. The molecule has 2 aromatic rings. The van der Waals surface area contributed by atoms with Crippen molar-refractivity contribution in [3.8, 4) is 11.5 Å². The summed E-state index contributed by atoms with van der Waals surface area (Å²) in [5, 5.41) is 0.